The highest BCUT2D eigenvalue weighted by atomic mass is 32.1. The molecule has 3 aliphatic rings. The van der Waals surface area contributed by atoms with Crippen molar-refractivity contribution in [2.24, 2.45) is 0 Å². The second-order valence-electron chi connectivity index (χ2n) is 15.1. The number of hydrogen-bond acceptors (Lipinski definition) is 24. The number of nitrogens with zero attached hydrogens (tertiary/aromatic N) is 6. The van der Waals surface area contributed by atoms with Crippen LogP contribution in [0.5, 0.6) is 32.8 Å². The summed E-state index contributed by atoms with van der Waals surface area (Å²) in [5.74, 6) is 0.552. The fourth-order valence-corrected chi connectivity index (χ4v) is 9.13. The SMILES string of the molecule is CCOC(=O)CC1OB(O)c2cc(Oc3nncs3)cc(C)c21.CCOC(=O)C[C@@H]1OB(O)c2cc(Oc3nncs3)cc(C)c21.CCOC(=O)C[C@H]1OB(O)c2cc(Oc3nncs3)cc(C)c21. The van der Waals surface area contributed by atoms with E-state index in [2.05, 4.69) is 30.6 Å². The molecule has 3 atom stereocenters. The summed E-state index contributed by atoms with van der Waals surface area (Å²) in [7, 11) is -3.29. The van der Waals surface area contributed by atoms with Crippen LogP contribution in [-0.4, -0.2) is 105 Å². The van der Waals surface area contributed by atoms with Crippen LogP contribution >= 0.6 is 34.0 Å². The number of benzene rings is 3. The van der Waals surface area contributed by atoms with Crippen LogP contribution in [0.1, 0.15) is 91.7 Å². The molecule has 27 heteroatoms. The second kappa shape index (κ2) is 23.6. The fraction of sp³-hybridized carbons (Fsp3) is 0.357. The van der Waals surface area contributed by atoms with Crippen LogP contribution in [0, 0.1) is 20.8 Å². The number of rotatable bonds is 15. The van der Waals surface area contributed by atoms with Crippen molar-refractivity contribution in [3.63, 3.8) is 0 Å². The Kier molecular flexibility index (Phi) is 17.4. The van der Waals surface area contributed by atoms with Gasteiger partial charge in [-0.1, -0.05) is 49.3 Å². The third kappa shape index (κ3) is 12.9. The Morgan fingerprint density at radius 3 is 1.01 bits per heavy atom. The van der Waals surface area contributed by atoms with Crippen LogP contribution in [0.25, 0.3) is 0 Å². The van der Waals surface area contributed by atoms with Gasteiger partial charge in [-0.05, 0) is 128 Å². The molecule has 0 spiro atoms. The van der Waals surface area contributed by atoms with Gasteiger partial charge in [-0.2, -0.15) is 0 Å². The van der Waals surface area contributed by atoms with Gasteiger partial charge in [0.05, 0.1) is 57.4 Å². The summed E-state index contributed by atoms with van der Waals surface area (Å²) in [6, 6.07) is 10.5. The highest BCUT2D eigenvalue weighted by molar-refractivity contribution is 7.11. The average Bonchev–Trinajstić information content (AvgIpc) is 4.17. The highest BCUT2D eigenvalue weighted by Gasteiger charge is 2.40. The monoisotopic (exact) mass is 1000 g/mol. The third-order valence-corrected chi connectivity index (χ3v) is 12.1. The molecule has 0 fully saturated rings. The second-order valence-corrected chi connectivity index (χ2v) is 17.5. The molecule has 69 heavy (non-hydrogen) atoms. The predicted octanol–water partition coefficient (Wildman–Crippen LogP) is 4.05. The van der Waals surface area contributed by atoms with Crippen molar-refractivity contribution in [1.29, 1.82) is 0 Å². The van der Waals surface area contributed by atoms with E-state index >= 15 is 0 Å². The minimum Gasteiger partial charge on any atom is -0.466 e. The number of aromatic nitrogens is 6. The molecule has 3 aromatic carbocycles. The molecule has 0 radical (unpaired) electrons. The number of ether oxygens (including phenoxy) is 6. The van der Waals surface area contributed by atoms with Gasteiger partial charge in [-0.25, -0.2) is 0 Å². The van der Waals surface area contributed by atoms with Crippen LogP contribution in [0.4, 0.5) is 0 Å². The Morgan fingerprint density at radius 2 is 0.783 bits per heavy atom. The van der Waals surface area contributed by atoms with Gasteiger partial charge in [0.2, 0.25) is 0 Å². The molecular formula is C42H45B3N6O15S3. The minimum absolute atomic E-state index is 0.0648. The first kappa shape index (κ1) is 51.0. The lowest BCUT2D eigenvalue weighted by atomic mass is 9.77. The van der Waals surface area contributed by atoms with Crippen molar-refractivity contribution in [1.82, 2.24) is 30.6 Å². The Labute approximate surface area is 408 Å². The number of hydrogen-bond donors (Lipinski definition) is 3. The molecule has 0 aliphatic carbocycles. The molecule has 3 N–H and O–H groups in total. The van der Waals surface area contributed by atoms with Crippen molar-refractivity contribution in [2.45, 2.75) is 79.1 Å². The van der Waals surface area contributed by atoms with Gasteiger partial charge in [0.25, 0.3) is 15.6 Å². The Hall–Kier alpha value is -5.90. The number of carbonyl (C=O) groups is 3. The molecule has 21 nitrogen and oxygen atoms in total. The van der Waals surface area contributed by atoms with Gasteiger partial charge < -0.3 is 57.5 Å². The summed E-state index contributed by atoms with van der Waals surface area (Å²) in [6.45, 7) is 11.8. The smallest absolute Gasteiger partial charge is 0.466 e. The molecule has 0 bridgehead atoms. The standard InChI is InChI=1S/3C14H15BN2O5S/c3*1-3-20-12(18)6-11-13-8(2)4-9(5-10(13)15(19)22-11)21-14-17-16-7-23-14/h3*4-5,7,11,19H,3,6H2,1-2H3/t2*11-;/m10./s1. The summed E-state index contributed by atoms with van der Waals surface area (Å²) in [5.41, 5.74) is 11.5. The van der Waals surface area contributed by atoms with E-state index in [9.17, 15) is 29.5 Å². The Morgan fingerprint density at radius 1 is 0.507 bits per heavy atom. The molecule has 1 unspecified atom stereocenters. The van der Waals surface area contributed by atoms with Gasteiger partial charge in [-0.15, -0.1) is 15.3 Å². The topological polar surface area (TPSA) is 272 Å². The molecule has 360 valence electrons. The fourth-order valence-electron chi connectivity index (χ4n) is 7.86. The summed E-state index contributed by atoms with van der Waals surface area (Å²) >= 11 is 3.82. The van der Waals surface area contributed by atoms with Crippen LogP contribution < -0.4 is 30.6 Å². The van der Waals surface area contributed by atoms with E-state index in [1.807, 2.05) is 39.0 Å². The van der Waals surface area contributed by atoms with E-state index in [0.29, 0.717) is 69.0 Å². The van der Waals surface area contributed by atoms with E-state index in [1.165, 1.54) is 34.0 Å². The van der Waals surface area contributed by atoms with Gasteiger partial charge in [0.15, 0.2) is 0 Å². The number of esters is 3. The molecule has 0 amide bonds. The quantitative estimate of drug-likeness (QED) is 0.0743. The normalized spacial score (nSPS) is 16.3. The predicted molar refractivity (Wildman–Crippen MR) is 252 cm³/mol. The zero-order valence-corrected chi connectivity index (χ0v) is 40.5. The van der Waals surface area contributed by atoms with Gasteiger partial charge in [0, 0.05) is 0 Å². The largest absolute Gasteiger partial charge is 0.492 e. The van der Waals surface area contributed by atoms with Gasteiger partial charge >= 0.3 is 39.3 Å². The van der Waals surface area contributed by atoms with Crippen LogP contribution in [0.3, 0.4) is 0 Å². The number of aryl methyl sites for hydroxylation is 3. The molecule has 6 aromatic rings. The van der Waals surface area contributed by atoms with Gasteiger partial charge in [0.1, 0.15) is 33.8 Å². The summed E-state index contributed by atoms with van der Waals surface area (Å²) in [5, 5.41) is 54.2. The van der Waals surface area contributed by atoms with Crippen molar-refractivity contribution < 1.29 is 71.8 Å². The zero-order chi connectivity index (χ0) is 49.2. The van der Waals surface area contributed by atoms with E-state index in [-0.39, 0.29) is 37.2 Å². The number of fused-ring (bicyclic) bond motifs is 3. The Bertz CT molecular complexity index is 2420. The van der Waals surface area contributed by atoms with Crippen molar-refractivity contribution in [2.75, 3.05) is 19.8 Å². The van der Waals surface area contributed by atoms with Crippen LogP contribution in [0.2, 0.25) is 0 Å². The molecule has 0 saturated heterocycles. The molecule has 0 saturated carbocycles. The summed E-state index contributed by atoms with van der Waals surface area (Å²) < 4.78 is 48.2. The van der Waals surface area contributed by atoms with E-state index in [4.69, 9.17) is 42.4 Å². The maximum absolute atomic E-state index is 11.7. The van der Waals surface area contributed by atoms with Crippen molar-refractivity contribution in [3.05, 3.63) is 86.3 Å². The molecule has 6 heterocycles. The zero-order valence-electron chi connectivity index (χ0n) is 38.1. The van der Waals surface area contributed by atoms with E-state index in [1.54, 1.807) is 55.5 Å². The lowest BCUT2D eigenvalue weighted by Crippen LogP contribution is -2.28. The van der Waals surface area contributed by atoms with Crippen LogP contribution in [-0.2, 0) is 42.6 Å². The molecule has 3 aromatic heterocycles. The van der Waals surface area contributed by atoms with E-state index < -0.39 is 39.7 Å². The maximum atomic E-state index is 11.7. The average molecular weight is 1000 g/mol. The minimum atomic E-state index is -1.10. The maximum Gasteiger partial charge on any atom is 0.492 e. The highest BCUT2D eigenvalue weighted by Crippen LogP contribution is 2.36. The summed E-state index contributed by atoms with van der Waals surface area (Å²) in [4.78, 5) is 35.0. The molecular weight excluding hydrogens is 957 g/mol. The molecule has 9 rings (SSSR count). The lowest BCUT2D eigenvalue weighted by molar-refractivity contribution is -0.146. The Balaban J connectivity index is 0.000000153. The number of carbonyl (C=O) groups excluding carboxylic acids is 3. The first-order valence-electron chi connectivity index (χ1n) is 21.5. The van der Waals surface area contributed by atoms with Gasteiger partial charge in [-0.3, -0.25) is 14.4 Å². The van der Waals surface area contributed by atoms with E-state index in [0.717, 1.165) is 33.4 Å². The summed E-state index contributed by atoms with van der Waals surface area (Å²) in [6.07, 6.45) is -1.36. The molecule has 3 aliphatic heterocycles. The van der Waals surface area contributed by atoms with Crippen LogP contribution in [0.15, 0.2) is 52.9 Å². The first-order chi connectivity index (χ1) is 33.2. The lowest BCUT2D eigenvalue weighted by Gasteiger charge is -2.14. The first-order valence-corrected chi connectivity index (χ1v) is 24.1. The van der Waals surface area contributed by atoms with Crippen molar-refractivity contribution >= 4 is 89.7 Å². The third-order valence-electron chi connectivity index (χ3n) is 10.4. The van der Waals surface area contributed by atoms with Crippen molar-refractivity contribution in [3.8, 4) is 32.8 Å².